The SMILES string of the molecule is COCC12CO[C@@H]([C@H](C)C1)[C@H]2OP(C)(=O)O. The smallest absolute Gasteiger partial charge is 0.325 e. The first-order valence-corrected chi connectivity index (χ1v) is 7.50. The van der Waals surface area contributed by atoms with E-state index in [0.717, 1.165) is 6.42 Å². The molecule has 0 aromatic heterocycles. The summed E-state index contributed by atoms with van der Waals surface area (Å²) in [7, 11) is -1.85. The summed E-state index contributed by atoms with van der Waals surface area (Å²) in [5.74, 6) is 0.348. The highest BCUT2D eigenvalue weighted by Gasteiger charge is 2.60. The van der Waals surface area contributed by atoms with Gasteiger partial charge in [-0.25, -0.2) is 0 Å². The van der Waals surface area contributed by atoms with Crippen molar-refractivity contribution in [1.82, 2.24) is 0 Å². The summed E-state index contributed by atoms with van der Waals surface area (Å²) in [5, 5.41) is 0. The fraction of sp³-hybridized carbons (Fsp3) is 1.00. The molecule has 0 aromatic carbocycles. The van der Waals surface area contributed by atoms with Crippen LogP contribution in [0, 0.1) is 11.3 Å². The van der Waals surface area contributed by atoms with E-state index in [1.165, 1.54) is 6.66 Å². The molecule has 0 spiro atoms. The molecule has 2 aliphatic rings. The first kappa shape index (κ1) is 12.5. The molecular weight excluding hydrogens is 231 g/mol. The molecule has 6 heteroatoms. The molecule has 1 heterocycles. The Kier molecular flexibility index (Phi) is 3.19. The number of methoxy groups -OCH3 is 1. The fourth-order valence-electron chi connectivity index (χ4n) is 3.03. The molecule has 0 radical (unpaired) electrons. The Balaban J connectivity index is 2.19. The monoisotopic (exact) mass is 250 g/mol. The van der Waals surface area contributed by atoms with Gasteiger partial charge >= 0.3 is 7.60 Å². The van der Waals surface area contributed by atoms with Gasteiger partial charge in [-0.15, -0.1) is 0 Å². The Bertz CT molecular complexity index is 314. The highest BCUT2D eigenvalue weighted by atomic mass is 31.2. The van der Waals surface area contributed by atoms with Crippen molar-refractivity contribution in [1.29, 1.82) is 0 Å². The van der Waals surface area contributed by atoms with E-state index in [2.05, 4.69) is 6.92 Å². The van der Waals surface area contributed by atoms with Gasteiger partial charge in [0, 0.05) is 19.2 Å². The van der Waals surface area contributed by atoms with Crippen molar-refractivity contribution in [2.24, 2.45) is 11.3 Å². The van der Waals surface area contributed by atoms with Gasteiger partial charge < -0.3 is 18.9 Å². The molecule has 2 unspecified atom stereocenters. The minimum absolute atomic E-state index is 0.0735. The van der Waals surface area contributed by atoms with E-state index in [1.807, 2.05) is 0 Å². The number of rotatable bonds is 4. The maximum absolute atomic E-state index is 11.4. The summed E-state index contributed by atoms with van der Waals surface area (Å²) in [6, 6.07) is 0. The quantitative estimate of drug-likeness (QED) is 0.761. The molecular formula is C10H19O5P. The molecule has 0 aromatic rings. The van der Waals surface area contributed by atoms with Crippen LogP contribution in [-0.4, -0.2) is 44.1 Å². The molecule has 1 aliphatic heterocycles. The fourth-order valence-corrected chi connectivity index (χ4v) is 3.79. The number of hydrogen-bond donors (Lipinski definition) is 1. The maximum Gasteiger partial charge on any atom is 0.325 e. The van der Waals surface area contributed by atoms with Crippen LogP contribution in [0.25, 0.3) is 0 Å². The zero-order valence-corrected chi connectivity index (χ0v) is 10.8. The summed E-state index contributed by atoms with van der Waals surface area (Å²) < 4.78 is 27.5. The molecule has 2 bridgehead atoms. The van der Waals surface area contributed by atoms with E-state index in [1.54, 1.807) is 7.11 Å². The van der Waals surface area contributed by atoms with E-state index in [9.17, 15) is 9.46 Å². The Morgan fingerprint density at radius 2 is 2.31 bits per heavy atom. The van der Waals surface area contributed by atoms with Crippen LogP contribution in [0.5, 0.6) is 0 Å². The first-order chi connectivity index (χ1) is 7.38. The number of ether oxygens (including phenoxy) is 2. The minimum Gasteiger partial charge on any atom is -0.384 e. The normalized spacial score (nSPS) is 45.9. The summed E-state index contributed by atoms with van der Waals surface area (Å²) in [6.07, 6.45) is 0.537. The van der Waals surface area contributed by atoms with Gasteiger partial charge in [-0.1, -0.05) is 6.92 Å². The van der Waals surface area contributed by atoms with Crippen molar-refractivity contribution in [2.75, 3.05) is 27.0 Å². The molecule has 16 heavy (non-hydrogen) atoms. The second-order valence-corrected chi connectivity index (χ2v) is 6.90. The van der Waals surface area contributed by atoms with E-state index < -0.39 is 7.60 Å². The molecule has 1 saturated carbocycles. The Morgan fingerprint density at radius 3 is 2.81 bits per heavy atom. The predicted octanol–water partition coefficient (Wildman–Crippen LogP) is 1.26. The van der Waals surface area contributed by atoms with Gasteiger partial charge in [0.1, 0.15) is 6.10 Å². The third-order valence-corrected chi connectivity index (χ3v) is 4.11. The summed E-state index contributed by atoms with van der Waals surface area (Å²) >= 11 is 0. The summed E-state index contributed by atoms with van der Waals surface area (Å²) in [5.41, 5.74) is -0.243. The molecule has 2 fully saturated rings. The van der Waals surface area contributed by atoms with Gasteiger partial charge in [0.05, 0.1) is 19.3 Å². The zero-order valence-electron chi connectivity index (χ0n) is 9.88. The molecule has 94 valence electrons. The largest absolute Gasteiger partial charge is 0.384 e. The van der Waals surface area contributed by atoms with E-state index in [0.29, 0.717) is 19.1 Å². The molecule has 2 rings (SSSR count). The Labute approximate surface area is 95.6 Å². The van der Waals surface area contributed by atoms with Crippen LogP contribution >= 0.6 is 7.60 Å². The highest BCUT2D eigenvalue weighted by molar-refractivity contribution is 7.51. The van der Waals surface area contributed by atoms with Crippen molar-refractivity contribution >= 4 is 7.60 Å². The van der Waals surface area contributed by atoms with Gasteiger partial charge in [-0.05, 0) is 12.3 Å². The van der Waals surface area contributed by atoms with E-state index >= 15 is 0 Å². The average Bonchev–Trinajstić information content (AvgIpc) is 2.54. The van der Waals surface area contributed by atoms with E-state index in [4.69, 9.17) is 14.0 Å². The van der Waals surface area contributed by atoms with Crippen LogP contribution in [0.2, 0.25) is 0 Å². The lowest BCUT2D eigenvalue weighted by Gasteiger charge is -2.29. The summed E-state index contributed by atoms with van der Waals surface area (Å²) in [4.78, 5) is 9.35. The van der Waals surface area contributed by atoms with Crippen molar-refractivity contribution in [3.63, 3.8) is 0 Å². The molecule has 5 atom stereocenters. The standard InChI is InChI=1S/C10H19O5P/c1-7-4-10(5-13-2)6-14-8(7)9(10)15-16(3,11)12/h7-9H,4-6H2,1-3H3,(H,11,12)/t7-,8+,9-,10?/m1/s1. The second kappa shape index (κ2) is 4.07. The minimum atomic E-state index is -3.48. The highest BCUT2D eigenvalue weighted by Crippen LogP contribution is 2.55. The lowest BCUT2D eigenvalue weighted by atomic mass is 9.86. The maximum atomic E-state index is 11.4. The van der Waals surface area contributed by atoms with E-state index in [-0.39, 0.29) is 17.6 Å². The predicted molar refractivity (Wildman–Crippen MR) is 58.5 cm³/mol. The van der Waals surface area contributed by atoms with Crippen LogP contribution in [0.3, 0.4) is 0 Å². The van der Waals surface area contributed by atoms with Gasteiger partial charge in [0.2, 0.25) is 0 Å². The molecule has 0 amide bonds. The molecule has 1 aliphatic carbocycles. The Hall–Kier alpha value is 0.0700. The van der Waals surface area contributed by atoms with Crippen molar-refractivity contribution in [2.45, 2.75) is 25.6 Å². The third-order valence-electron chi connectivity index (χ3n) is 3.50. The average molecular weight is 250 g/mol. The Morgan fingerprint density at radius 1 is 1.62 bits per heavy atom. The van der Waals surface area contributed by atoms with Gasteiger partial charge in [0.25, 0.3) is 0 Å². The van der Waals surface area contributed by atoms with Gasteiger partial charge in [-0.3, -0.25) is 4.57 Å². The van der Waals surface area contributed by atoms with Gasteiger partial charge in [0.15, 0.2) is 0 Å². The molecule has 1 saturated heterocycles. The van der Waals surface area contributed by atoms with Gasteiger partial charge in [-0.2, -0.15) is 0 Å². The van der Waals surface area contributed by atoms with Crippen molar-refractivity contribution in [3.05, 3.63) is 0 Å². The third kappa shape index (κ3) is 2.07. The second-order valence-electron chi connectivity index (χ2n) is 5.08. The lowest BCUT2D eigenvalue weighted by molar-refractivity contribution is -0.0111. The van der Waals surface area contributed by atoms with Crippen LogP contribution in [-0.2, 0) is 18.6 Å². The van der Waals surface area contributed by atoms with Crippen molar-refractivity contribution in [3.8, 4) is 0 Å². The van der Waals surface area contributed by atoms with Crippen LogP contribution in [0.1, 0.15) is 13.3 Å². The first-order valence-electron chi connectivity index (χ1n) is 5.47. The van der Waals surface area contributed by atoms with Crippen LogP contribution < -0.4 is 0 Å². The summed E-state index contributed by atoms with van der Waals surface area (Å²) in [6.45, 7) is 4.37. The van der Waals surface area contributed by atoms with Crippen molar-refractivity contribution < 1.29 is 23.5 Å². The lowest BCUT2D eigenvalue weighted by Crippen LogP contribution is -2.36. The molecule has 5 nitrogen and oxygen atoms in total. The van der Waals surface area contributed by atoms with Crippen LogP contribution in [0.4, 0.5) is 0 Å². The number of hydrogen-bond acceptors (Lipinski definition) is 4. The van der Waals surface area contributed by atoms with Crippen LogP contribution in [0.15, 0.2) is 0 Å². The molecule has 1 N–H and O–H groups in total. The topological polar surface area (TPSA) is 65.0 Å². The number of fused-ring (bicyclic) bond motifs is 2. The zero-order chi connectivity index (χ0) is 12.0.